The maximum atomic E-state index is 4.52. The minimum atomic E-state index is 0.410. The second kappa shape index (κ2) is 7.96. The Labute approximate surface area is 148 Å². The Morgan fingerprint density at radius 3 is 2.68 bits per heavy atom. The van der Waals surface area contributed by atoms with Crippen LogP contribution in [0.25, 0.3) is 0 Å². The molecule has 2 aromatic rings. The van der Waals surface area contributed by atoms with Crippen molar-refractivity contribution in [3.05, 3.63) is 36.0 Å². The first-order valence-corrected chi connectivity index (χ1v) is 8.63. The van der Waals surface area contributed by atoms with Gasteiger partial charge in [0.05, 0.1) is 6.54 Å². The summed E-state index contributed by atoms with van der Waals surface area (Å²) in [5, 5.41) is 10.9. The van der Waals surface area contributed by atoms with E-state index >= 15 is 0 Å². The van der Waals surface area contributed by atoms with Gasteiger partial charge in [-0.25, -0.2) is 9.97 Å². The standard InChI is InChI=1S/C17H26N8/c1-13-4-5-15(19-10-13)25-8-6-14(7-9-25)23-17(18-2)20-11-16-21-12-22-24(16)3/h4-5,10,12,14H,6-9,11H2,1-3H3,(H2,18,20,23). The Hall–Kier alpha value is -2.64. The van der Waals surface area contributed by atoms with Gasteiger partial charge < -0.3 is 15.5 Å². The van der Waals surface area contributed by atoms with Crippen molar-refractivity contribution in [2.24, 2.45) is 12.0 Å². The highest BCUT2D eigenvalue weighted by molar-refractivity contribution is 5.79. The third kappa shape index (κ3) is 4.46. The Morgan fingerprint density at radius 1 is 1.28 bits per heavy atom. The van der Waals surface area contributed by atoms with Gasteiger partial charge in [0.2, 0.25) is 0 Å². The maximum Gasteiger partial charge on any atom is 0.191 e. The van der Waals surface area contributed by atoms with Gasteiger partial charge in [-0.05, 0) is 31.4 Å². The molecule has 0 amide bonds. The zero-order valence-electron chi connectivity index (χ0n) is 15.1. The highest BCUT2D eigenvalue weighted by Gasteiger charge is 2.20. The van der Waals surface area contributed by atoms with Gasteiger partial charge in [0.1, 0.15) is 18.0 Å². The van der Waals surface area contributed by atoms with E-state index in [9.17, 15) is 0 Å². The molecular formula is C17H26N8. The van der Waals surface area contributed by atoms with Crippen LogP contribution >= 0.6 is 0 Å². The normalized spacial score (nSPS) is 16.1. The van der Waals surface area contributed by atoms with Crippen molar-refractivity contribution in [2.75, 3.05) is 25.0 Å². The molecule has 134 valence electrons. The van der Waals surface area contributed by atoms with Crippen LogP contribution in [0.4, 0.5) is 5.82 Å². The zero-order chi connectivity index (χ0) is 17.6. The molecule has 0 aliphatic carbocycles. The monoisotopic (exact) mass is 342 g/mol. The van der Waals surface area contributed by atoms with Crippen LogP contribution in [0.1, 0.15) is 24.2 Å². The summed E-state index contributed by atoms with van der Waals surface area (Å²) in [5.74, 6) is 2.74. The van der Waals surface area contributed by atoms with Gasteiger partial charge in [-0.15, -0.1) is 0 Å². The minimum absolute atomic E-state index is 0.410. The van der Waals surface area contributed by atoms with E-state index in [1.54, 1.807) is 18.1 Å². The summed E-state index contributed by atoms with van der Waals surface area (Å²) in [4.78, 5) is 15.4. The number of aliphatic imine (C=N–C) groups is 1. The van der Waals surface area contributed by atoms with E-state index in [1.807, 2.05) is 13.2 Å². The zero-order valence-corrected chi connectivity index (χ0v) is 15.1. The first-order valence-electron chi connectivity index (χ1n) is 8.63. The second-order valence-electron chi connectivity index (χ2n) is 6.33. The molecule has 1 saturated heterocycles. The van der Waals surface area contributed by atoms with Crippen molar-refractivity contribution in [2.45, 2.75) is 32.4 Å². The van der Waals surface area contributed by atoms with E-state index in [-0.39, 0.29) is 0 Å². The van der Waals surface area contributed by atoms with Crippen LogP contribution < -0.4 is 15.5 Å². The van der Waals surface area contributed by atoms with Gasteiger partial charge in [-0.3, -0.25) is 9.67 Å². The maximum absolute atomic E-state index is 4.52. The summed E-state index contributed by atoms with van der Waals surface area (Å²) in [5.41, 5.74) is 1.19. The first kappa shape index (κ1) is 17.2. The van der Waals surface area contributed by atoms with Crippen molar-refractivity contribution in [1.82, 2.24) is 30.4 Å². The Kier molecular flexibility index (Phi) is 5.47. The van der Waals surface area contributed by atoms with Gasteiger partial charge in [-0.1, -0.05) is 6.07 Å². The van der Waals surface area contributed by atoms with Crippen molar-refractivity contribution in [3.63, 3.8) is 0 Å². The lowest BCUT2D eigenvalue weighted by molar-refractivity contribution is 0.459. The van der Waals surface area contributed by atoms with Crippen LogP contribution in [0.3, 0.4) is 0 Å². The van der Waals surface area contributed by atoms with E-state index in [0.29, 0.717) is 12.6 Å². The van der Waals surface area contributed by atoms with Crippen molar-refractivity contribution in [1.29, 1.82) is 0 Å². The molecule has 1 aliphatic heterocycles. The molecular weight excluding hydrogens is 316 g/mol. The summed E-state index contributed by atoms with van der Waals surface area (Å²) < 4.78 is 1.76. The number of piperidine rings is 1. The second-order valence-corrected chi connectivity index (χ2v) is 6.33. The number of guanidine groups is 1. The van der Waals surface area contributed by atoms with E-state index in [4.69, 9.17) is 0 Å². The van der Waals surface area contributed by atoms with Gasteiger partial charge >= 0.3 is 0 Å². The first-order chi connectivity index (χ1) is 12.2. The van der Waals surface area contributed by atoms with Gasteiger partial charge in [-0.2, -0.15) is 5.10 Å². The van der Waals surface area contributed by atoms with Crippen LogP contribution in [-0.4, -0.2) is 51.9 Å². The molecule has 0 bridgehead atoms. The molecule has 25 heavy (non-hydrogen) atoms. The smallest absolute Gasteiger partial charge is 0.191 e. The van der Waals surface area contributed by atoms with Crippen molar-refractivity contribution < 1.29 is 0 Å². The largest absolute Gasteiger partial charge is 0.356 e. The lowest BCUT2D eigenvalue weighted by Gasteiger charge is -2.33. The number of aromatic nitrogens is 4. The van der Waals surface area contributed by atoms with Crippen LogP contribution in [-0.2, 0) is 13.6 Å². The predicted molar refractivity (Wildman–Crippen MR) is 98.5 cm³/mol. The lowest BCUT2D eigenvalue weighted by atomic mass is 10.1. The van der Waals surface area contributed by atoms with Crippen LogP contribution in [0.2, 0.25) is 0 Å². The number of nitrogens with one attached hydrogen (secondary N) is 2. The number of hydrogen-bond acceptors (Lipinski definition) is 5. The average Bonchev–Trinajstić information content (AvgIpc) is 3.05. The molecule has 1 aliphatic rings. The van der Waals surface area contributed by atoms with Gasteiger partial charge in [0.25, 0.3) is 0 Å². The lowest BCUT2D eigenvalue weighted by Crippen LogP contribution is -2.48. The Balaban J connectivity index is 1.47. The quantitative estimate of drug-likeness (QED) is 0.633. The Bertz CT molecular complexity index is 698. The number of hydrogen-bond donors (Lipinski definition) is 2. The predicted octanol–water partition coefficient (Wildman–Crippen LogP) is 0.853. The molecule has 1 fully saturated rings. The number of aryl methyl sites for hydroxylation is 2. The average molecular weight is 342 g/mol. The number of anilines is 1. The fourth-order valence-electron chi connectivity index (χ4n) is 2.93. The van der Waals surface area contributed by atoms with Crippen LogP contribution in [0.15, 0.2) is 29.6 Å². The third-order valence-corrected chi connectivity index (χ3v) is 4.50. The molecule has 0 saturated carbocycles. The number of nitrogens with zero attached hydrogens (tertiary/aromatic N) is 6. The fraction of sp³-hybridized carbons (Fsp3) is 0.529. The molecule has 0 atom stereocenters. The molecule has 3 heterocycles. The van der Waals surface area contributed by atoms with Gasteiger partial charge in [0.15, 0.2) is 5.96 Å². The SMILES string of the molecule is CN=C(NCc1ncnn1C)NC1CCN(c2ccc(C)cn2)CC1. The Morgan fingerprint density at radius 2 is 2.08 bits per heavy atom. The third-order valence-electron chi connectivity index (χ3n) is 4.50. The summed E-state index contributed by atoms with van der Waals surface area (Å²) in [6, 6.07) is 4.63. The summed E-state index contributed by atoms with van der Waals surface area (Å²) in [6.45, 7) is 4.65. The molecule has 0 unspecified atom stereocenters. The molecule has 8 nitrogen and oxygen atoms in total. The molecule has 2 N–H and O–H groups in total. The fourth-order valence-corrected chi connectivity index (χ4v) is 2.93. The van der Waals surface area contributed by atoms with E-state index in [2.05, 4.69) is 54.6 Å². The number of rotatable bonds is 4. The highest BCUT2D eigenvalue weighted by Crippen LogP contribution is 2.17. The van der Waals surface area contributed by atoms with E-state index in [1.165, 1.54) is 5.56 Å². The number of pyridine rings is 1. The molecule has 8 heteroatoms. The topological polar surface area (TPSA) is 83.3 Å². The molecule has 0 aromatic carbocycles. The van der Waals surface area contributed by atoms with Crippen molar-refractivity contribution in [3.8, 4) is 0 Å². The summed E-state index contributed by atoms with van der Waals surface area (Å²) in [6.07, 6.45) is 5.60. The molecule has 2 aromatic heterocycles. The van der Waals surface area contributed by atoms with E-state index in [0.717, 1.165) is 43.5 Å². The minimum Gasteiger partial charge on any atom is -0.356 e. The van der Waals surface area contributed by atoms with Crippen LogP contribution in [0, 0.1) is 6.92 Å². The van der Waals surface area contributed by atoms with Gasteiger partial charge in [0, 0.05) is 39.4 Å². The molecule has 3 rings (SSSR count). The highest BCUT2D eigenvalue weighted by atomic mass is 15.3. The van der Waals surface area contributed by atoms with E-state index < -0.39 is 0 Å². The summed E-state index contributed by atoms with van der Waals surface area (Å²) >= 11 is 0. The van der Waals surface area contributed by atoms with Crippen molar-refractivity contribution >= 4 is 11.8 Å². The molecule has 0 spiro atoms. The molecule has 0 radical (unpaired) electrons. The summed E-state index contributed by atoms with van der Waals surface area (Å²) in [7, 11) is 3.67. The van der Waals surface area contributed by atoms with Crippen LogP contribution in [0.5, 0.6) is 0 Å².